The van der Waals surface area contributed by atoms with Gasteiger partial charge < -0.3 is 14.4 Å². The highest BCUT2D eigenvalue weighted by Crippen LogP contribution is 2.24. The topological polar surface area (TPSA) is 51.7 Å². The Bertz CT molecular complexity index is 394. The maximum Gasteiger partial charge on any atom is 0.311 e. The van der Waals surface area contributed by atoms with Gasteiger partial charge in [-0.3, -0.25) is 4.79 Å². The van der Waals surface area contributed by atoms with E-state index in [1.807, 2.05) is 5.38 Å². The predicted molar refractivity (Wildman–Crippen MR) is 64.0 cm³/mol. The van der Waals surface area contributed by atoms with Gasteiger partial charge in [0.25, 0.3) is 0 Å². The Morgan fingerprint density at radius 3 is 3.29 bits per heavy atom. The molecule has 1 unspecified atom stereocenters. The highest BCUT2D eigenvalue weighted by Gasteiger charge is 2.22. The van der Waals surface area contributed by atoms with E-state index < -0.39 is 0 Å². The third-order valence-corrected chi connectivity index (χ3v) is 3.65. The molecule has 0 bridgehead atoms. The summed E-state index contributed by atoms with van der Waals surface area (Å²) in [5.41, 5.74) is 0.758. The number of likely N-dealkylation sites (N-methyl/N-ethyl adjacent to an activating group) is 1. The summed E-state index contributed by atoms with van der Waals surface area (Å²) >= 11 is 1.54. The standard InChI is InChI=1S/C11H16N2O3S/c1-13-3-4-16-9(6-13)11-12-8(7-17-11)5-10(14)15-2/h7,9H,3-6H2,1-2H3. The Kier molecular flexibility index (Phi) is 4.09. The van der Waals surface area contributed by atoms with Crippen LogP contribution in [0.1, 0.15) is 16.8 Å². The van der Waals surface area contributed by atoms with Crippen LogP contribution >= 0.6 is 11.3 Å². The van der Waals surface area contributed by atoms with Gasteiger partial charge in [-0.25, -0.2) is 4.98 Å². The van der Waals surface area contributed by atoms with Crippen molar-refractivity contribution in [3.05, 3.63) is 16.1 Å². The maximum atomic E-state index is 11.1. The number of aromatic nitrogens is 1. The quantitative estimate of drug-likeness (QED) is 0.751. The largest absolute Gasteiger partial charge is 0.469 e. The highest BCUT2D eigenvalue weighted by molar-refractivity contribution is 7.09. The first-order valence-electron chi connectivity index (χ1n) is 5.50. The molecule has 0 N–H and O–H groups in total. The first-order valence-corrected chi connectivity index (χ1v) is 6.38. The van der Waals surface area contributed by atoms with Crippen LogP contribution in [0.15, 0.2) is 5.38 Å². The summed E-state index contributed by atoms with van der Waals surface area (Å²) in [7, 11) is 3.45. The van der Waals surface area contributed by atoms with Crippen molar-refractivity contribution >= 4 is 17.3 Å². The van der Waals surface area contributed by atoms with E-state index in [-0.39, 0.29) is 18.5 Å². The van der Waals surface area contributed by atoms with Crippen molar-refractivity contribution in [1.29, 1.82) is 0 Å². The fourth-order valence-electron chi connectivity index (χ4n) is 1.70. The molecular weight excluding hydrogens is 240 g/mol. The fourth-order valence-corrected chi connectivity index (χ4v) is 2.56. The van der Waals surface area contributed by atoms with Crippen molar-refractivity contribution < 1.29 is 14.3 Å². The van der Waals surface area contributed by atoms with Gasteiger partial charge in [-0.1, -0.05) is 0 Å². The summed E-state index contributed by atoms with van der Waals surface area (Å²) in [5.74, 6) is -0.261. The molecule has 1 fully saturated rings. The third-order valence-electron chi connectivity index (χ3n) is 2.67. The lowest BCUT2D eigenvalue weighted by atomic mass is 10.3. The molecule has 1 saturated heterocycles. The van der Waals surface area contributed by atoms with Crippen LogP contribution < -0.4 is 0 Å². The number of esters is 1. The molecule has 1 aromatic rings. The number of methoxy groups -OCH3 is 1. The smallest absolute Gasteiger partial charge is 0.311 e. The molecule has 17 heavy (non-hydrogen) atoms. The van der Waals surface area contributed by atoms with Crippen molar-refractivity contribution in [2.24, 2.45) is 0 Å². The molecule has 0 spiro atoms. The van der Waals surface area contributed by atoms with Crippen molar-refractivity contribution in [3.8, 4) is 0 Å². The molecule has 0 aliphatic carbocycles. The number of ether oxygens (including phenoxy) is 2. The molecule has 0 aromatic carbocycles. The average Bonchev–Trinajstić information content (AvgIpc) is 2.77. The summed E-state index contributed by atoms with van der Waals surface area (Å²) in [6.45, 7) is 2.54. The Morgan fingerprint density at radius 2 is 2.59 bits per heavy atom. The van der Waals surface area contributed by atoms with Gasteiger partial charge in [0.1, 0.15) is 11.1 Å². The second kappa shape index (κ2) is 5.57. The molecule has 5 nitrogen and oxygen atoms in total. The zero-order valence-electron chi connectivity index (χ0n) is 10.0. The lowest BCUT2D eigenvalue weighted by Gasteiger charge is -2.28. The van der Waals surface area contributed by atoms with Gasteiger partial charge in [-0.15, -0.1) is 11.3 Å². The van der Waals surface area contributed by atoms with Gasteiger partial charge in [-0.2, -0.15) is 0 Å². The van der Waals surface area contributed by atoms with E-state index in [1.54, 1.807) is 11.3 Å². The Balaban J connectivity index is 1.99. The molecule has 94 valence electrons. The lowest BCUT2D eigenvalue weighted by Crippen LogP contribution is -2.35. The summed E-state index contributed by atoms with van der Waals surface area (Å²) in [4.78, 5) is 17.8. The molecule has 0 saturated carbocycles. The number of carbonyl (C=O) groups is 1. The second-order valence-corrected chi connectivity index (χ2v) is 4.94. The van der Waals surface area contributed by atoms with E-state index in [0.29, 0.717) is 0 Å². The molecule has 1 aliphatic rings. The minimum atomic E-state index is -0.261. The number of hydrogen-bond donors (Lipinski definition) is 0. The van der Waals surface area contributed by atoms with E-state index in [1.165, 1.54) is 7.11 Å². The first kappa shape index (κ1) is 12.5. The highest BCUT2D eigenvalue weighted by atomic mass is 32.1. The van der Waals surface area contributed by atoms with Gasteiger partial charge in [0.15, 0.2) is 0 Å². The third kappa shape index (κ3) is 3.24. The summed E-state index contributed by atoms with van der Waals surface area (Å²) in [5, 5.41) is 2.83. The van der Waals surface area contributed by atoms with Crippen LogP contribution in [0.5, 0.6) is 0 Å². The molecule has 2 heterocycles. The Hall–Kier alpha value is -0.980. The van der Waals surface area contributed by atoms with E-state index in [0.717, 1.165) is 30.4 Å². The van der Waals surface area contributed by atoms with E-state index in [2.05, 4.69) is 21.7 Å². The van der Waals surface area contributed by atoms with Crippen LogP contribution in [0.25, 0.3) is 0 Å². The minimum Gasteiger partial charge on any atom is -0.469 e. The number of carbonyl (C=O) groups excluding carboxylic acids is 1. The fraction of sp³-hybridized carbons (Fsp3) is 0.636. The van der Waals surface area contributed by atoms with Crippen LogP contribution in [-0.4, -0.2) is 49.7 Å². The van der Waals surface area contributed by atoms with Gasteiger partial charge in [0, 0.05) is 18.5 Å². The minimum absolute atomic E-state index is 0.0325. The van der Waals surface area contributed by atoms with Crippen LogP contribution in [-0.2, 0) is 20.7 Å². The van der Waals surface area contributed by atoms with Crippen LogP contribution in [0.3, 0.4) is 0 Å². The molecule has 2 rings (SSSR count). The molecule has 0 amide bonds. The van der Waals surface area contributed by atoms with Crippen molar-refractivity contribution in [1.82, 2.24) is 9.88 Å². The normalized spacial score (nSPS) is 21.4. The molecule has 1 atom stereocenters. The zero-order valence-corrected chi connectivity index (χ0v) is 10.8. The van der Waals surface area contributed by atoms with Gasteiger partial charge in [0.2, 0.25) is 0 Å². The van der Waals surface area contributed by atoms with Gasteiger partial charge >= 0.3 is 5.97 Å². The van der Waals surface area contributed by atoms with Crippen molar-refractivity contribution in [3.63, 3.8) is 0 Å². The summed E-state index contributed by atoms with van der Waals surface area (Å²) in [6.07, 6.45) is 0.264. The van der Waals surface area contributed by atoms with Crippen LogP contribution in [0, 0.1) is 0 Å². The maximum absolute atomic E-state index is 11.1. The van der Waals surface area contributed by atoms with Crippen molar-refractivity contribution in [2.45, 2.75) is 12.5 Å². The number of nitrogens with zero attached hydrogens (tertiary/aromatic N) is 2. The van der Waals surface area contributed by atoms with Crippen LogP contribution in [0.4, 0.5) is 0 Å². The Labute approximate surface area is 104 Å². The number of morpholine rings is 1. The SMILES string of the molecule is COC(=O)Cc1csc(C2CN(C)CCO2)n1. The monoisotopic (exact) mass is 256 g/mol. The average molecular weight is 256 g/mol. The number of hydrogen-bond acceptors (Lipinski definition) is 6. The van der Waals surface area contributed by atoms with E-state index in [9.17, 15) is 4.79 Å². The first-order chi connectivity index (χ1) is 8.19. The molecule has 0 radical (unpaired) electrons. The van der Waals surface area contributed by atoms with Crippen molar-refractivity contribution in [2.75, 3.05) is 33.9 Å². The molecule has 1 aliphatic heterocycles. The number of rotatable bonds is 3. The van der Waals surface area contributed by atoms with Gasteiger partial charge in [0.05, 0.1) is 25.8 Å². The molecule has 6 heteroatoms. The predicted octanol–water partition coefficient (Wildman–Crippen LogP) is 0.862. The van der Waals surface area contributed by atoms with E-state index >= 15 is 0 Å². The Morgan fingerprint density at radius 1 is 1.76 bits per heavy atom. The number of thiazole rings is 1. The lowest BCUT2D eigenvalue weighted by molar-refractivity contribution is -0.139. The van der Waals surface area contributed by atoms with Crippen LogP contribution in [0.2, 0.25) is 0 Å². The zero-order chi connectivity index (χ0) is 12.3. The summed E-state index contributed by atoms with van der Waals surface area (Å²) < 4.78 is 10.3. The van der Waals surface area contributed by atoms with E-state index in [4.69, 9.17) is 4.74 Å². The molecular formula is C11H16N2O3S. The summed E-state index contributed by atoms with van der Waals surface area (Å²) in [6, 6.07) is 0. The van der Waals surface area contributed by atoms with Gasteiger partial charge in [-0.05, 0) is 7.05 Å². The molecule has 1 aromatic heterocycles. The second-order valence-electron chi connectivity index (χ2n) is 4.05.